The van der Waals surface area contributed by atoms with Crippen LogP contribution >= 0.6 is 34.7 Å². The van der Waals surface area contributed by atoms with Gasteiger partial charge in [-0.2, -0.15) is 0 Å². The highest BCUT2D eigenvalue weighted by atomic mass is 35.5. The van der Waals surface area contributed by atoms with Gasteiger partial charge in [0.2, 0.25) is 11.8 Å². The standard InChI is InChI=1S/C17H11ClN4O2S2/c18-11-6-7-13-12(8-11)19-17(26-13)25-9-14(23)20-16-22-21-15(24-16)10-4-2-1-3-5-10/h1-8H,9H2,(H,20,22,23). The molecular formula is C17H11ClN4O2S2. The van der Waals surface area contributed by atoms with Crippen LogP contribution in [0.1, 0.15) is 0 Å². The lowest BCUT2D eigenvalue weighted by atomic mass is 10.2. The number of hydrogen-bond acceptors (Lipinski definition) is 7. The van der Waals surface area contributed by atoms with Crippen molar-refractivity contribution in [3.05, 3.63) is 53.6 Å². The van der Waals surface area contributed by atoms with Crippen LogP contribution in [-0.4, -0.2) is 26.8 Å². The fourth-order valence-electron chi connectivity index (χ4n) is 2.19. The summed E-state index contributed by atoms with van der Waals surface area (Å²) in [5.41, 5.74) is 1.62. The molecule has 4 aromatic rings. The Hall–Kier alpha value is -2.42. The van der Waals surface area contributed by atoms with Gasteiger partial charge in [0.05, 0.1) is 16.0 Å². The number of fused-ring (bicyclic) bond motifs is 1. The Kier molecular flexibility index (Phi) is 4.87. The van der Waals surface area contributed by atoms with Gasteiger partial charge < -0.3 is 4.42 Å². The van der Waals surface area contributed by atoms with Crippen LogP contribution in [0.2, 0.25) is 5.02 Å². The molecule has 0 radical (unpaired) electrons. The van der Waals surface area contributed by atoms with Crippen molar-refractivity contribution in [1.29, 1.82) is 0 Å². The van der Waals surface area contributed by atoms with E-state index in [4.69, 9.17) is 16.0 Å². The number of nitrogens with one attached hydrogen (secondary N) is 1. The van der Waals surface area contributed by atoms with Crippen LogP contribution in [-0.2, 0) is 4.79 Å². The molecule has 0 bridgehead atoms. The van der Waals surface area contributed by atoms with E-state index in [9.17, 15) is 4.79 Å². The average Bonchev–Trinajstić information content (AvgIpc) is 3.27. The molecule has 130 valence electrons. The smallest absolute Gasteiger partial charge is 0.322 e. The first kappa shape index (κ1) is 17.0. The molecule has 0 fully saturated rings. The van der Waals surface area contributed by atoms with Crippen molar-refractivity contribution < 1.29 is 9.21 Å². The fraction of sp³-hybridized carbons (Fsp3) is 0.0588. The summed E-state index contributed by atoms with van der Waals surface area (Å²) in [7, 11) is 0. The van der Waals surface area contributed by atoms with Crippen LogP contribution in [0.3, 0.4) is 0 Å². The third-order valence-electron chi connectivity index (χ3n) is 3.35. The molecule has 1 amide bonds. The van der Waals surface area contributed by atoms with Crippen molar-refractivity contribution in [2.45, 2.75) is 4.34 Å². The molecule has 0 aliphatic carbocycles. The molecule has 0 aliphatic heterocycles. The highest BCUT2D eigenvalue weighted by molar-refractivity contribution is 8.01. The van der Waals surface area contributed by atoms with Crippen LogP contribution in [0.25, 0.3) is 21.7 Å². The van der Waals surface area contributed by atoms with E-state index in [-0.39, 0.29) is 17.7 Å². The summed E-state index contributed by atoms with van der Waals surface area (Å²) < 4.78 is 7.29. The highest BCUT2D eigenvalue weighted by Gasteiger charge is 2.13. The topological polar surface area (TPSA) is 80.9 Å². The number of thiazole rings is 1. The van der Waals surface area contributed by atoms with Crippen LogP contribution in [0.4, 0.5) is 6.01 Å². The van der Waals surface area contributed by atoms with E-state index >= 15 is 0 Å². The van der Waals surface area contributed by atoms with Crippen LogP contribution in [0, 0.1) is 0 Å². The van der Waals surface area contributed by atoms with Crippen molar-refractivity contribution in [2.24, 2.45) is 0 Å². The monoisotopic (exact) mass is 402 g/mol. The zero-order valence-corrected chi connectivity index (χ0v) is 15.6. The summed E-state index contributed by atoms with van der Waals surface area (Å²) in [5.74, 6) is 0.309. The number of aromatic nitrogens is 3. The quantitative estimate of drug-likeness (QED) is 0.486. The van der Waals surface area contributed by atoms with Gasteiger partial charge in [0.15, 0.2) is 4.34 Å². The van der Waals surface area contributed by atoms with E-state index in [2.05, 4.69) is 20.5 Å². The van der Waals surface area contributed by atoms with Gasteiger partial charge in [-0.15, -0.1) is 16.4 Å². The second-order valence-electron chi connectivity index (χ2n) is 5.21. The summed E-state index contributed by atoms with van der Waals surface area (Å²) in [6, 6.07) is 15.0. The van der Waals surface area contributed by atoms with Crippen LogP contribution < -0.4 is 5.32 Å². The predicted octanol–water partition coefficient (Wildman–Crippen LogP) is 4.73. The molecule has 26 heavy (non-hydrogen) atoms. The van der Waals surface area contributed by atoms with E-state index < -0.39 is 0 Å². The molecular weight excluding hydrogens is 392 g/mol. The van der Waals surface area contributed by atoms with Crippen LogP contribution in [0.5, 0.6) is 0 Å². The van der Waals surface area contributed by atoms with Gasteiger partial charge in [-0.1, -0.05) is 46.7 Å². The van der Waals surface area contributed by atoms with Gasteiger partial charge in [0.25, 0.3) is 0 Å². The van der Waals surface area contributed by atoms with Crippen molar-refractivity contribution in [1.82, 2.24) is 15.2 Å². The Morgan fingerprint density at radius 3 is 2.88 bits per heavy atom. The second-order valence-corrected chi connectivity index (χ2v) is 7.90. The van der Waals surface area contributed by atoms with Gasteiger partial charge in [0.1, 0.15) is 0 Å². The molecule has 9 heteroatoms. The number of thioether (sulfide) groups is 1. The molecule has 0 atom stereocenters. The third-order valence-corrected chi connectivity index (χ3v) is 5.76. The summed E-state index contributed by atoms with van der Waals surface area (Å²) in [6.45, 7) is 0. The number of carbonyl (C=O) groups is 1. The molecule has 0 saturated carbocycles. The zero-order valence-electron chi connectivity index (χ0n) is 13.2. The lowest BCUT2D eigenvalue weighted by molar-refractivity contribution is -0.113. The highest BCUT2D eigenvalue weighted by Crippen LogP contribution is 2.31. The van der Waals surface area contributed by atoms with Crippen molar-refractivity contribution in [3.63, 3.8) is 0 Å². The number of carbonyl (C=O) groups excluding carboxylic acids is 1. The SMILES string of the molecule is O=C(CSc1nc2cc(Cl)ccc2s1)Nc1nnc(-c2ccccc2)o1. The number of rotatable bonds is 5. The number of benzene rings is 2. The van der Waals surface area contributed by atoms with Gasteiger partial charge in [-0.25, -0.2) is 4.98 Å². The predicted molar refractivity (Wildman–Crippen MR) is 104 cm³/mol. The minimum absolute atomic E-state index is 0.0746. The molecule has 1 N–H and O–H groups in total. The third kappa shape index (κ3) is 3.87. The van der Waals surface area contributed by atoms with Gasteiger partial charge in [-0.3, -0.25) is 10.1 Å². The first-order valence-electron chi connectivity index (χ1n) is 7.55. The molecule has 0 saturated heterocycles. The molecule has 6 nitrogen and oxygen atoms in total. The minimum atomic E-state index is -0.240. The lowest BCUT2D eigenvalue weighted by Crippen LogP contribution is -2.14. The Balaban J connectivity index is 1.37. The summed E-state index contributed by atoms with van der Waals surface area (Å²) in [6.07, 6.45) is 0. The minimum Gasteiger partial charge on any atom is -0.403 e. The Morgan fingerprint density at radius 1 is 1.19 bits per heavy atom. The molecule has 2 aromatic heterocycles. The number of nitrogens with zero attached hydrogens (tertiary/aromatic N) is 3. The Morgan fingerprint density at radius 2 is 2.04 bits per heavy atom. The average molecular weight is 403 g/mol. The Bertz CT molecular complexity index is 1070. The fourth-order valence-corrected chi connectivity index (χ4v) is 4.21. The maximum Gasteiger partial charge on any atom is 0.322 e. The molecule has 2 aromatic carbocycles. The molecule has 2 heterocycles. The van der Waals surface area contributed by atoms with Gasteiger partial charge >= 0.3 is 6.01 Å². The first-order valence-corrected chi connectivity index (χ1v) is 9.73. The Labute approximate surface area is 161 Å². The summed E-state index contributed by atoms with van der Waals surface area (Å²) in [5, 5.41) is 11.0. The van der Waals surface area contributed by atoms with E-state index in [0.29, 0.717) is 10.9 Å². The van der Waals surface area contributed by atoms with Crippen molar-refractivity contribution in [3.8, 4) is 11.5 Å². The number of halogens is 1. The summed E-state index contributed by atoms with van der Waals surface area (Å²) >= 11 is 8.82. The molecule has 4 rings (SSSR count). The first-order chi connectivity index (χ1) is 12.7. The number of amides is 1. The van der Waals surface area contributed by atoms with Crippen LogP contribution in [0.15, 0.2) is 57.3 Å². The van der Waals surface area contributed by atoms with Crippen molar-refractivity contribution >= 4 is 56.8 Å². The summed E-state index contributed by atoms with van der Waals surface area (Å²) in [4.78, 5) is 16.6. The second kappa shape index (κ2) is 7.45. The molecule has 0 spiro atoms. The van der Waals surface area contributed by atoms with E-state index in [1.807, 2.05) is 42.5 Å². The normalized spacial score (nSPS) is 11.0. The maximum atomic E-state index is 12.1. The lowest BCUT2D eigenvalue weighted by Gasteiger charge is -1.98. The van der Waals surface area contributed by atoms with E-state index in [1.165, 1.54) is 23.1 Å². The van der Waals surface area contributed by atoms with Gasteiger partial charge in [0, 0.05) is 10.6 Å². The largest absolute Gasteiger partial charge is 0.403 e. The number of anilines is 1. The zero-order chi connectivity index (χ0) is 17.9. The molecule has 0 aliphatic rings. The van der Waals surface area contributed by atoms with E-state index in [1.54, 1.807) is 6.07 Å². The number of hydrogen-bond donors (Lipinski definition) is 1. The maximum absolute atomic E-state index is 12.1. The molecule has 0 unspecified atom stereocenters. The van der Waals surface area contributed by atoms with Gasteiger partial charge in [-0.05, 0) is 30.3 Å². The van der Waals surface area contributed by atoms with E-state index in [0.717, 1.165) is 20.1 Å². The van der Waals surface area contributed by atoms with Crippen molar-refractivity contribution in [2.75, 3.05) is 11.1 Å².